The Hall–Kier alpha value is -1.44. The van der Waals surface area contributed by atoms with E-state index in [0.29, 0.717) is 0 Å². The minimum atomic E-state index is -3.54. The van der Waals surface area contributed by atoms with Crippen LogP contribution in [0.25, 0.3) is 0 Å². The molecule has 0 aliphatic carbocycles. The fourth-order valence-electron chi connectivity index (χ4n) is 2.76. The van der Waals surface area contributed by atoms with Gasteiger partial charge >= 0.3 is 0 Å². The molecule has 0 bridgehead atoms. The van der Waals surface area contributed by atoms with Crippen molar-refractivity contribution in [2.75, 3.05) is 11.9 Å². The van der Waals surface area contributed by atoms with Crippen LogP contribution in [0.3, 0.4) is 0 Å². The Labute approximate surface area is 149 Å². The number of pyridine rings is 1. The van der Waals surface area contributed by atoms with Crippen LogP contribution in [0, 0.1) is 0 Å². The Morgan fingerprint density at radius 1 is 1.12 bits per heavy atom. The van der Waals surface area contributed by atoms with E-state index >= 15 is 0 Å². The van der Waals surface area contributed by atoms with Crippen LogP contribution in [0.5, 0.6) is 0 Å². The van der Waals surface area contributed by atoms with Crippen molar-refractivity contribution in [2.24, 2.45) is 0 Å². The third-order valence-electron chi connectivity index (χ3n) is 3.70. The molecular formula is C17H25N3O2S2. The Kier molecular flexibility index (Phi) is 6.01. The van der Waals surface area contributed by atoms with Gasteiger partial charge in [0.2, 0.25) is 10.0 Å². The Balaban J connectivity index is 2.21. The summed E-state index contributed by atoms with van der Waals surface area (Å²) in [5.41, 5.74) is 1.21. The van der Waals surface area contributed by atoms with Gasteiger partial charge < -0.3 is 4.90 Å². The van der Waals surface area contributed by atoms with E-state index in [4.69, 9.17) is 0 Å². The van der Waals surface area contributed by atoms with Crippen LogP contribution in [0.2, 0.25) is 0 Å². The van der Waals surface area contributed by atoms with Crippen LogP contribution in [0.15, 0.2) is 40.1 Å². The molecule has 0 aliphatic heterocycles. The van der Waals surface area contributed by atoms with E-state index in [1.807, 2.05) is 45.0 Å². The van der Waals surface area contributed by atoms with Gasteiger partial charge in [0.05, 0.1) is 0 Å². The van der Waals surface area contributed by atoms with Gasteiger partial charge in [0.1, 0.15) is 10.7 Å². The van der Waals surface area contributed by atoms with E-state index in [2.05, 4.69) is 16.4 Å². The molecule has 7 heteroatoms. The van der Waals surface area contributed by atoms with Gasteiger partial charge in [-0.05, 0) is 62.2 Å². The van der Waals surface area contributed by atoms with E-state index < -0.39 is 10.0 Å². The van der Waals surface area contributed by atoms with Crippen LogP contribution in [-0.4, -0.2) is 36.8 Å². The molecule has 2 heterocycles. The van der Waals surface area contributed by atoms with Crippen LogP contribution < -0.4 is 4.90 Å². The van der Waals surface area contributed by atoms with Gasteiger partial charge in [0.25, 0.3) is 0 Å². The molecule has 0 saturated carbocycles. The minimum absolute atomic E-state index is 0.101. The van der Waals surface area contributed by atoms with Crippen LogP contribution in [0.4, 0.5) is 5.82 Å². The summed E-state index contributed by atoms with van der Waals surface area (Å²) in [5.74, 6) is 0.751. The highest BCUT2D eigenvalue weighted by molar-refractivity contribution is 7.89. The molecule has 0 unspecified atom stereocenters. The van der Waals surface area contributed by atoms with Crippen molar-refractivity contribution in [3.63, 3.8) is 0 Å². The highest BCUT2D eigenvalue weighted by Gasteiger charge is 2.29. The summed E-state index contributed by atoms with van der Waals surface area (Å²) >= 11 is 1.66. The van der Waals surface area contributed by atoms with Crippen molar-refractivity contribution in [3.05, 3.63) is 40.7 Å². The summed E-state index contributed by atoms with van der Waals surface area (Å²) in [5, 5.41) is 4.14. The fourth-order valence-corrected chi connectivity index (χ4v) is 5.20. The van der Waals surface area contributed by atoms with Gasteiger partial charge in [-0.3, -0.25) is 0 Å². The maximum absolute atomic E-state index is 12.8. The second-order valence-corrected chi connectivity index (χ2v) is 8.99. The lowest BCUT2D eigenvalue weighted by Crippen LogP contribution is -2.41. The quantitative estimate of drug-likeness (QED) is 0.750. The zero-order valence-electron chi connectivity index (χ0n) is 14.8. The van der Waals surface area contributed by atoms with E-state index in [9.17, 15) is 8.42 Å². The van der Waals surface area contributed by atoms with E-state index in [1.54, 1.807) is 23.5 Å². The highest BCUT2D eigenvalue weighted by Crippen LogP contribution is 2.22. The summed E-state index contributed by atoms with van der Waals surface area (Å²) in [6, 6.07) is 5.27. The first-order valence-corrected chi connectivity index (χ1v) is 10.3. The lowest BCUT2D eigenvalue weighted by Gasteiger charge is -2.29. The fraction of sp³-hybridized carbons (Fsp3) is 0.471. The largest absolute Gasteiger partial charge is 0.355 e. The number of sulfonamides is 1. The predicted molar refractivity (Wildman–Crippen MR) is 100.0 cm³/mol. The SMILES string of the molecule is CC(C)N(C(C)C)S(=O)(=O)c1ccc(N(C)Cc2ccsc2)nc1. The molecule has 0 aliphatic rings. The van der Waals surface area contributed by atoms with Crippen LogP contribution in [0.1, 0.15) is 33.3 Å². The molecule has 0 N–H and O–H groups in total. The van der Waals surface area contributed by atoms with Crippen molar-refractivity contribution in [2.45, 2.75) is 51.2 Å². The smallest absolute Gasteiger partial charge is 0.245 e. The number of nitrogens with zero attached hydrogens (tertiary/aromatic N) is 3. The molecule has 132 valence electrons. The van der Waals surface area contributed by atoms with Crippen molar-refractivity contribution >= 4 is 27.2 Å². The number of thiophene rings is 1. The standard InChI is InChI=1S/C17H25N3O2S2/c1-13(2)20(14(3)4)24(21,22)16-6-7-17(18-10-16)19(5)11-15-8-9-23-12-15/h6-10,12-14H,11H2,1-5H3. The molecule has 0 atom stereocenters. The summed E-state index contributed by atoms with van der Waals surface area (Å²) < 4.78 is 27.2. The van der Waals surface area contributed by atoms with Crippen LogP contribution >= 0.6 is 11.3 Å². The highest BCUT2D eigenvalue weighted by atomic mass is 32.2. The predicted octanol–water partition coefficient (Wildman–Crippen LogP) is 3.59. The molecule has 0 spiro atoms. The molecule has 0 aromatic carbocycles. The van der Waals surface area contributed by atoms with E-state index in [1.165, 1.54) is 16.1 Å². The maximum atomic E-state index is 12.8. The van der Waals surface area contributed by atoms with Crippen molar-refractivity contribution < 1.29 is 8.42 Å². The number of anilines is 1. The van der Waals surface area contributed by atoms with Gasteiger partial charge in [0.15, 0.2) is 0 Å². The molecule has 2 aromatic rings. The monoisotopic (exact) mass is 367 g/mol. The zero-order chi connectivity index (χ0) is 17.9. The van der Waals surface area contributed by atoms with Crippen molar-refractivity contribution in [1.82, 2.24) is 9.29 Å². The van der Waals surface area contributed by atoms with Gasteiger partial charge in [0, 0.05) is 31.9 Å². The lowest BCUT2D eigenvalue weighted by atomic mass is 10.3. The third-order valence-corrected chi connectivity index (χ3v) is 6.67. The van der Waals surface area contributed by atoms with Crippen molar-refractivity contribution in [3.8, 4) is 0 Å². The Bertz CT molecular complexity index is 731. The summed E-state index contributed by atoms with van der Waals surface area (Å²) in [4.78, 5) is 6.58. The molecule has 2 aromatic heterocycles. The molecule has 2 rings (SSSR count). The normalized spacial score (nSPS) is 12.3. The van der Waals surface area contributed by atoms with E-state index in [-0.39, 0.29) is 17.0 Å². The molecule has 5 nitrogen and oxygen atoms in total. The lowest BCUT2D eigenvalue weighted by molar-refractivity contribution is 0.302. The number of hydrogen-bond acceptors (Lipinski definition) is 5. The van der Waals surface area contributed by atoms with E-state index in [0.717, 1.165) is 12.4 Å². The van der Waals surface area contributed by atoms with Crippen molar-refractivity contribution in [1.29, 1.82) is 0 Å². The second-order valence-electron chi connectivity index (χ2n) is 6.36. The first-order valence-electron chi connectivity index (χ1n) is 7.95. The topological polar surface area (TPSA) is 53.5 Å². The molecular weight excluding hydrogens is 342 g/mol. The number of aromatic nitrogens is 1. The molecule has 0 amide bonds. The van der Waals surface area contributed by atoms with Gasteiger partial charge in [-0.15, -0.1) is 0 Å². The molecule has 0 fully saturated rings. The second kappa shape index (κ2) is 7.63. The summed E-state index contributed by atoms with van der Waals surface area (Å²) in [6.45, 7) is 8.27. The first-order chi connectivity index (χ1) is 11.2. The molecule has 0 saturated heterocycles. The van der Waals surface area contributed by atoms with Gasteiger partial charge in [-0.1, -0.05) is 0 Å². The average molecular weight is 368 g/mol. The summed E-state index contributed by atoms with van der Waals surface area (Å²) in [7, 11) is -1.59. The molecule has 0 radical (unpaired) electrons. The van der Waals surface area contributed by atoms with Gasteiger partial charge in [-0.25, -0.2) is 13.4 Å². The Morgan fingerprint density at radius 3 is 2.25 bits per heavy atom. The number of rotatable bonds is 7. The molecule has 24 heavy (non-hydrogen) atoms. The Morgan fingerprint density at radius 2 is 1.79 bits per heavy atom. The minimum Gasteiger partial charge on any atom is -0.355 e. The first kappa shape index (κ1) is 18.9. The summed E-state index contributed by atoms with van der Waals surface area (Å²) in [6.07, 6.45) is 1.45. The average Bonchev–Trinajstić information content (AvgIpc) is 2.99. The van der Waals surface area contributed by atoms with Crippen LogP contribution in [-0.2, 0) is 16.6 Å². The third kappa shape index (κ3) is 4.15. The maximum Gasteiger partial charge on any atom is 0.245 e. The number of hydrogen-bond donors (Lipinski definition) is 0. The van der Waals surface area contributed by atoms with Gasteiger partial charge in [-0.2, -0.15) is 15.6 Å². The zero-order valence-corrected chi connectivity index (χ0v) is 16.4.